The number of carbonyl (C=O) groups excluding carboxylic acids is 1. The third-order valence-corrected chi connectivity index (χ3v) is 2.78. The van der Waals surface area contributed by atoms with Gasteiger partial charge in [-0.2, -0.15) is 0 Å². The molecular formula is C13H19FN2O2. The van der Waals surface area contributed by atoms with Crippen molar-refractivity contribution in [2.45, 2.75) is 20.3 Å². The maximum absolute atomic E-state index is 13.5. The first-order valence-corrected chi connectivity index (χ1v) is 5.97. The molecule has 0 aliphatic carbocycles. The molecule has 0 aromatic heterocycles. The van der Waals surface area contributed by atoms with Gasteiger partial charge in [0.25, 0.3) is 5.91 Å². The number of carbonyl (C=O) groups is 1. The van der Waals surface area contributed by atoms with E-state index in [1.54, 1.807) is 6.92 Å². The summed E-state index contributed by atoms with van der Waals surface area (Å²) < 4.78 is 13.5. The molecule has 1 rings (SSSR count). The minimum atomic E-state index is -0.487. The number of hydrogen-bond acceptors (Lipinski definition) is 3. The average molecular weight is 254 g/mol. The van der Waals surface area contributed by atoms with Gasteiger partial charge in [0.05, 0.1) is 6.61 Å². The second kappa shape index (κ2) is 6.35. The maximum atomic E-state index is 13.5. The van der Waals surface area contributed by atoms with Gasteiger partial charge in [-0.1, -0.05) is 6.92 Å². The molecule has 0 aliphatic heterocycles. The summed E-state index contributed by atoms with van der Waals surface area (Å²) in [6.07, 6.45) is 0.773. The van der Waals surface area contributed by atoms with Crippen LogP contribution in [0.3, 0.4) is 0 Å². The number of aliphatic hydroxyl groups excluding tert-OH is 1. The van der Waals surface area contributed by atoms with Crippen LogP contribution in [0.5, 0.6) is 0 Å². The minimum absolute atomic E-state index is 0.116. The molecule has 5 heteroatoms. The Hall–Kier alpha value is -1.62. The normalized spacial score (nSPS) is 10.4. The molecule has 0 spiro atoms. The molecule has 1 aromatic rings. The molecule has 0 aliphatic rings. The third kappa shape index (κ3) is 3.20. The molecule has 18 heavy (non-hydrogen) atoms. The summed E-state index contributed by atoms with van der Waals surface area (Å²) >= 11 is 0. The lowest BCUT2D eigenvalue weighted by molar-refractivity contribution is 0.0721. The zero-order chi connectivity index (χ0) is 13.7. The van der Waals surface area contributed by atoms with Crippen LogP contribution in [0.2, 0.25) is 0 Å². The highest BCUT2D eigenvalue weighted by atomic mass is 19.1. The van der Waals surface area contributed by atoms with Crippen molar-refractivity contribution in [2.24, 2.45) is 0 Å². The molecule has 1 amide bonds. The van der Waals surface area contributed by atoms with Gasteiger partial charge in [0, 0.05) is 29.9 Å². The zero-order valence-corrected chi connectivity index (χ0v) is 10.7. The van der Waals surface area contributed by atoms with Crippen LogP contribution in [0.25, 0.3) is 0 Å². The van der Waals surface area contributed by atoms with E-state index in [1.165, 1.54) is 17.0 Å². The first kappa shape index (κ1) is 14.4. The van der Waals surface area contributed by atoms with Crippen molar-refractivity contribution in [3.8, 4) is 0 Å². The number of nitrogens with zero attached hydrogens (tertiary/aromatic N) is 1. The van der Waals surface area contributed by atoms with Crippen LogP contribution >= 0.6 is 0 Å². The van der Waals surface area contributed by atoms with Gasteiger partial charge in [0.15, 0.2) is 0 Å². The first-order valence-electron chi connectivity index (χ1n) is 5.97. The predicted molar refractivity (Wildman–Crippen MR) is 68.8 cm³/mol. The molecule has 0 unspecified atom stereocenters. The Morgan fingerprint density at radius 1 is 1.44 bits per heavy atom. The molecule has 4 nitrogen and oxygen atoms in total. The number of amides is 1. The number of halogens is 1. The SMILES string of the molecule is CCCN(CCO)C(=O)c1cc(N)c(C)c(F)c1. The Bertz CT molecular complexity index is 406. The van der Waals surface area contributed by atoms with Crippen LogP contribution in [-0.4, -0.2) is 35.6 Å². The van der Waals surface area contributed by atoms with Crippen LogP contribution in [0, 0.1) is 12.7 Å². The summed E-state index contributed by atoms with van der Waals surface area (Å²) in [5.41, 5.74) is 6.47. The van der Waals surface area contributed by atoms with E-state index < -0.39 is 5.82 Å². The smallest absolute Gasteiger partial charge is 0.254 e. The molecule has 0 saturated heterocycles. The van der Waals surface area contributed by atoms with Gasteiger partial charge in [0.1, 0.15) is 5.82 Å². The van der Waals surface area contributed by atoms with Crippen molar-refractivity contribution in [1.82, 2.24) is 4.90 Å². The second-order valence-corrected chi connectivity index (χ2v) is 4.19. The van der Waals surface area contributed by atoms with Crippen LogP contribution in [0.4, 0.5) is 10.1 Å². The van der Waals surface area contributed by atoms with Crippen LogP contribution in [0.1, 0.15) is 29.3 Å². The van der Waals surface area contributed by atoms with E-state index in [0.717, 1.165) is 6.42 Å². The molecule has 100 valence electrons. The molecule has 0 atom stereocenters. The average Bonchev–Trinajstić information content (AvgIpc) is 2.34. The van der Waals surface area contributed by atoms with E-state index in [2.05, 4.69) is 0 Å². The summed E-state index contributed by atoms with van der Waals surface area (Å²) in [5, 5.41) is 8.92. The monoisotopic (exact) mass is 254 g/mol. The molecular weight excluding hydrogens is 235 g/mol. The van der Waals surface area contributed by atoms with Gasteiger partial charge < -0.3 is 15.7 Å². The lowest BCUT2D eigenvalue weighted by Gasteiger charge is -2.21. The summed E-state index contributed by atoms with van der Waals surface area (Å²) in [7, 11) is 0. The number of anilines is 1. The minimum Gasteiger partial charge on any atom is -0.398 e. The van der Waals surface area contributed by atoms with Gasteiger partial charge in [-0.25, -0.2) is 4.39 Å². The van der Waals surface area contributed by atoms with E-state index in [9.17, 15) is 9.18 Å². The van der Waals surface area contributed by atoms with Gasteiger partial charge in [-0.15, -0.1) is 0 Å². The van der Waals surface area contributed by atoms with E-state index >= 15 is 0 Å². The van der Waals surface area contributed by atoms with Crippen LogP contribution < -0.4 is 5.73 Å². The molecule has 0 heterocycles. The van der Waals surface area contributed by atoms with Crippen molar-refractivity contribution in [3.63, 3.8) is 0 Å². The number of benzene rings is 1. The second-order valence-electron chi connectivity index (χ2n) is 4.19. The predicted octanol–water partition coefficient (Wildman–Crippen LogP) is 1.56. The fourth-order valence-corrected chi connectivity index (χ4v) is 1.71. The van der Waals surface area contributed by atoms with Crippen molar-refractivity contribution >= 4 is 11.6 Å². The fraction of sp³-hybridized carbons (Fsp3) is 0.462. The summed E-state index contributed by atoms with van der Waals surface area (Å²) in [6.45, 7) is 4.14. The lowest BCUT2D eigenvalue weighted by atomic mass is 10.1. The van der Waals surface area contributed by atoms with Crippen molar-refractivity contribution in [1.29, 1.82) is 0 Å². The number of nitrogen functional groups attached to an aromatic ring is 1. The third-order valence-electron chi connectivity index (χ3n) is 2.78. The lowest BCUT2D eigenvalue weighted by Crippen LogP contribution is -2.34. The maximum Gasteiger partial charge on any atom is 0.254 e. The molecule has 0 bridgehead atoms. The van der Waals surface area contributed by atoms with E-state index in [4.69, 9.17) is 10.8 Å². The number of hydrogen-bond donors (Lipinski definition) is 2. The van der Waals surface area contributed by atoms with E-state index in [1.807, 2.05) is 6.92 Å². The molecule has 1 aromatic carbocycles. The number of nitrogens with two attached hydrogens (primary N) is 1. The summed E-state index contributed by atoms with van der Waals surface area (Å²) in [6, 6.07) is 2.66. The highest BCUT2D eigenvalue weighted by Gasteiger charge is 2.17. The molecule has 0 fully saturated rings. The van der Waals surface area contributed by atoms with E-state index in [-0.39, 0.29) is 30.3 Å². The largest absolute Gasteiger partial charge is 0.398 e. The van der Waals surface area contributed by atoms with E-state index in [0.29, 0.717) is 12.1 Å². The van der Waals surface area contributed by atoms with Gasteiger partial charge >= 0.3 is 0 Å². The van der Waals surface area contributed by atoms with Crippen molar-refractivity contribution in [2.75, 3.05) is 25.4 Å². The van der Waals surface area contributed by atoms with Gasteiger partial charge in [0.2, 0.25) is 0 Å². The molecule has 0 saturated carbocycles. The summed E-state index contributed by atoms with van der Waals surface area (Å²) in [5.74, 6) is -0.796. The fourth-order valence-electron chi connectivity index (χ4n) is 1.71. The van der Waals surface area contributed by atoms with Crippen molar-refractivity contribution < 1.29 is 14.3 Å². The Labute approximate surface area is 106 Å². The molecule has 0 radical (unpaired) electrons. The highest BCUT2D eigenvalue weighted by Crippen LogP contribution is 2.18. The summed E-state index contributed by atoms with van der Waals surface area (Å²) in [4.78, 5) is 13.6. The topological polar surface area (TPSA) is 66.6 Å². The Balaban J connectivity index is 3.01. The van der Waals surface area contributed by atoms with Crippen molar-refractivity contribution in [3.05, 3.63) is 29.1 Å². The van der Waals surface area contributed by atoms with Gasteiger partial charge in [-0.05, 0) is 25.5 Å². The molecule has 3 N–H and O–H groups in total. The number of aliphatic hydroxyl groups is 1. The Morgan fingerprint density at radius 2 is 2.11 bits per heavy atom. The quantitative estimate of drug-likeness (QED) is 0.784. The Morgan fingerprint density at radius 3 is 2.61 bits per heavy atom. The van der Waals surface area contributed by atoms with Crippen LogP contribution in [0.15, 0.2) is 12.1 Å². The van der Waals surface area contributed by atoms with Gasteiger partial charge in [-0.3, -0.25) is 4.79 Å². The highest BCUT2D eigenvalue weighted by molar-refractivity contribution is 5.95. The first-order chi connectivity index (χ1) is 8.51. The van der Waals surface area contributed by atoms with Crippen LogP contribution in [-0.2, 0) is 0 Å². The zero-order valence-electron chi connectivity index (χ0n) is 10.7. The Kier molecular flexibility index (Phi) is 5.09. The standard InChI is InChI=1S/C13H19FN2O2/c1-3-4-16(5-6-17)13(18)10-7-11(14)9(2)12(15)8-10/h7-8,17H,3-6,15H2,1-2H3. The number of rotatable bonds is 5.